The van der Waals surface area contributed by atoms with Gasteiger partial charge in [-0.2, -0.15) is 8.78 Å². The van der Waals surface area contributed by atoms with E-state index in [-0.39, 0.29) is 5.58 Å². The first kappa shape index (κ1) is 13.8. The van der Waals surface area contributed by atoms with Gasteiger partial charge in [-0.05, 0) is 24.3 Å². The van der Waals surface area contributed by atoms with E-state index in [2.05, 4.69) is 0 Å². The number of fused-ring (bicyclic) bond motifs is 1. The highest BCUT2D eigenvalue weighted by Gasteiger charge is 2.50. The summed E-state index contributed by atoms with van der Waals surface area (Å²) in [5.41, 5.74) is 0.218. The fourth-order valence-electron chi connectivity index (χ4n) is 2.01. The molecule has 3 nitrogen and oxygen atoms in total. The molecule has 3 aromatic rings. The van der Waals surface area contributed by atoms with Gasteiger partial charge in [0.05, 0.1) is 4.90 Å². The summed E-state index contributed by atoms with van der Waals surface area (Å²) in [5, 5.41) is -3.71. The van der Waals surface area contributed by atoms with Gasteiger partial charge in [0.1, 0.15) is 5.58 Å². The minimum atomic E-state index is -4.87. The fraction of sp³-hybridized carbons (Fsp3) is 0.0667. The first-order chi connectivity index (χ1) is 9.93. The van der Waals surface area contributed by atoms with E-state index in [9.17, 15) is 17.2 Å². The third-order valence-corrected chi connectivity index (χ3v) is 4.87. The molecular formula is C15H10F2O3S. The molecule has 6 heteroatoms. The number of rotatable bonds is 3. The van der Waals surface area contributed by atoms with E-state index in [0.29, 0.717) is 5.39 Å². The minimum absolute atomic E-state index is 0.218. The molecule has 1 heterocycles. The molecule has 0 aliphatic carbocycles. The van der Waals surface area contributed by atoms with Crippen LogP contribution in [0.5, 0.6) is 0 Å². The SMILES string of the molecule is O=S(=O)(c1ccccc1)C(F)(F)c1cc2ccccc2o1. The monoisotopic (exact) mass is 308 g/mol. The van der Waals surface area contributed by atoms with Gasteiger partial charge in [0.15, 0.2) is 5.76 Å². The van der Waals surface area contributed by atoms with Crippen LogP contribution in [0.25, 0.3) is 11.0 Å². The molecule has 0 aliphatic heterocycles. The number of alkyl halides is 2. The Morgan fingerprint density at radius 1 is 0.905 bits per heavy atom. The van der Waals surface area contributed by atoms with Crippen molar-refractivity contribution in [2.24, 2.45) is 0 Å². The number of para-hydroxylation sites is 1. The Labute approximate surface area is 119 Å². The molecule has 0 amide bonds. The molecule has 3 rings (SSSR count). The summed E-state index contributed by atoms with van der Waals surface area (Å²) >= 11 is 0. The van der Waals surface area contributed by atoms with Crippen molar-refractivity contribution in [3.05, 3.63) is 66.4 Å². The van der Waals surface area contributed by atoms with Gasteiger partial charge in [-0.1, -0.05) is 36.4 Å². The smallest absolute Gasteiger partial charge is 0.406 e. The lowest BCUT2D eigenvalue weighted by Gasteiger charge is -2.14. The Bertz CT molecular complexity index is 850. The Balaban J connectivity index is 2.15. The van der Waals surface area contributed by atoms with E-state index in [0.717, 1.165) is 18.2 Å². The molecule has 0 atom stereocenters. The normalized spacial score (nSPS) is 12.7. The molecule has 21 heavy (non-hydrogen) atoms. The van der Waals surface area contributed by atoms with Crippen LogP contribution in [0.1, 0.15) is 5.76 Å². The van der Waals surface area contributed by atoms with Crippen LogP contribution < -0.4 is 0 Å². The topological polar surface area (TPSA) is 47.3 Å². The van der Waals surface area contributed by atoms with Gasteiger partial charge in [0, 0.05) is 5.39 Å². The summed E-state index contributed by atoms with van der Waals surface area (Å²) in [6.07, 6.45) is 0. The van der Waals surface area contributed by atoms with Crippen molar-refractivity contribution in [3.63, 3.8) is 0 Å². The van der Waals surface area contributed by atoms with Crippen LogP contribution >= 0.6 is 0 Å². The maximum Gasteiger partial charge on any atom is 0.406 e. The zero-order valence-corrected chi connectivity index (χ0v) is 11.5. The standard InChI is InChI=1S/C15H10F2O3S/c16-15(17,21(18,19)12-7-2-1-3-8-12)14-10-11-6-4-5-9-13(11)20-14/h1-10H. The van der Waals surface area contributed by atoms with Crippen LogP contribution in [0.4, 0.5) is 8.78 Å². The second-order valence-corrected chi connectivity index (χ2v) is 6.47. The number of hydrogen-bond acceptors (Lipinski definition) is 3. The second kappa shape index (κ2) is 4.66. The van der Waals surface area contributed by atoms with Crippen LogP contribution in [-0.2, 0) is 15.1 Å². The Morgan fingerprint density at radius 3 is 2.19 bits per heavy atom. The van der Waals surface area contributed by atoms with Crippen molar-refractivity contribution in [3.8, 4) is 0 Å². The molecular weight excluding hydrogens is 298 g/mol. The lowest BCUT2D eigenvalue weighted by molar-refractivity contribution is 0.0666. The molecule has 0 saturated carbocycles. The van der Waals surface area contributed by atoms with Crippen LogP contribution in [0.15, 0.2) is 70.0 Å². The molecule has 0 spiro atoms. The third-order valence-electron chi connectivity index (χ3n) is 3.10. The van der Waals surface area contributed by atoms with Crippen LogP contribution in [0.2, 0.25) is 0 Å². The molecule has 0 N–H and O–H groups in total. The predicted molar refractivity (Wildman–Crippen MR) is 73.7 cm³/mol. The predicted octanol–water partition coefficient (Wildman–Crippen LogP) is 3.96. The maximum absolute atomic E-state index is 14.4. The highest BCUT2D eigenvalue weighted by Crippen LogP contribution is 2.40. The van der Waals surface area contributed by atoms with E-state index in [1.54, 1.807) is 24.3 Å². The van der Waals surface area contributed by atoms with Gasteiger partial charge in [0.25, 0.3) is 9.84 Å². The average molecular weight is 308 g/mol. The van der Waals surface area contributed by atoms with Crippen LogP contribution in [0, 0.1) is 0 Å². The van der Waals surface area contributed by atoms with E-state index in [4.69, 9.17) is 4.42 Å². The molecule has 0 bridgehead atoms. The largest absolute Gasteiger partial charge is 0.453 e. The van der Waals surface area contributed by atoms with Gasteiger partial charge < -0.3 is 4.42 Å². The fourth-order valence-corrected chi connectivity index (χ4v) is 3.18. The summed E-state index contributed by atoms with van der Waals surface area (Å²) in [6, 6.07) is 14.0. The maximum atomic E-state index is 14.4. The molecule has 0 aliphatic rings. The zero-order valence-electron chi connectivity index (χ0n) is 10.7. The molecule has 1 aromatic heterocycles. The first-order valence-corrected chi connectivity index (χ1v) is 7.58. The van der Waals surface area contributed by atoms with E-state index < -0.39 is 25.7 Å². The van der Waals surface area contributed by atoms with Crippen LogP contribution in [-0.4, -0.2) is 8.42 Å². The first-order valence-electron chi connectivity index (χ1n) is 6.09. The van der Waals surface area contributed by atoms with Gasteiger partial charge in [0.2, 0.25) is 0 Å². The van der Waals surface area contributed by atoms with Crippen molar-refractivity contribution < 1.29 is 21.6 Å². The van der Waals surface area contributed by atoms with Gasteiger partial charge in [-0.15, -0.1) is 0 Å². The van der Waals surface area contributed by atoms with Crippen molar-refractivity contribution in [1.82, 2.24) is 0 Å². The number of hydrogen-bond donors (Lipinski definition) is 0. The highest BCUT2D eigenvalue weighted by atomic mass is 32.2. The van der Waals surface area contributed by atoms with Crippen molar-refractivity contribution in [1.29, 1.82) is 0 Å². The minimum Gasteiger partial charge on any atom is -0.453 e. The Morgan fingerprint density at radius 2 is 1.52 bits per heavy atom. The summed E-state index contributed by atoms with van der Waals surface area (Å²) in [6.45, 7) is 0. The van der Waals surface area contributed by atoms with Gasteiger partial charge in [-0.3, -0.25) is 0 Å². The second-order valence-electron chi connectivity index (χ2n) is 4.48. The number of sulfone groups is 1. The van der Waals surface area contributed by atoms with E-state index >= 15 is 0 Å². The zero-order chi connectivity index (χ0) is 15.1. The highest BCUT2D eigenvalue weighted by molar-refractivity contribution is 7.92. The van der Waals surface area contributed by atoms with Crippen molar-refractivity contribution in [2.75, 3.05) is 0 Å². The number of furan rings is 1. The molecule has 0 radical (unpaired) electrons. The molecule has 0 saturated heterocycles. The molecule has 0 fully saturated rings. The Hall–Kier alpha value is -2.21. The van der Waals surface area contributed by atoms with Crippen molar-refractivity contribution in [2.45, 2.75) is 10.2 Å². The van der Waals surface area contributed by atoms with Gasteiger partial charge >= 0.3 is 5.25 Å². The van der Waals surface area contributed by atoms with Gasteiger partial charge in [-0.25, -0.2) is 8.42 Å². The van der Waals surface area contributed by atoms with E-state index in [1.807, 2.05) is 0 Å². The average Bonchev–Trinajstić information content (AvgIpc) is 2.92. The number of benzene rings is 2. The van der Waals surface area contributed by atoms with Crippen molar-refractivity contribution >= 4 is 20.8 Å². The quantitative estimate of drug-likeness (QED) is 0.736. The lowest BCUT2D eigenvalue weighted by atomic mass is 10.2. The summed E-state index contributed by atoms with van der Waals surface area (Å²) < 4.78 is 58.0. The third kappa shape index (κ3) is 2.12. The molecule has 108 valence electrons. The van der Waals surface area contributed by atoms with Crippen LogP contribution in [0.3, 0.4) is 0 Å². The lowest BCUT2D eigenvalue weighted by Crippen LogP contribution is -2.25. The summed E-state index contributed by atoms with van der Waals surface area (Å²) in [7, 11) is -4.87. The summed E-state index contributed by atoms with van der Waals surface area (Å²) in [4.78, 5) is -0.449. The van der Waals surface area contributed by atoms with E-state index in [1.165, 1.54) is 18.2 Å². The summed E-state index contributed by atoms with van der Waals surface area (Å²) in [5.74, 6) is -0.882. The molecule has 0 unspecified atom stereocenters. The number of halogens is 2. The Kier molecular flexibility index (Phi) is 3.06. The molecule has 2 aromatic carbocycles.